The third-order valence-electron chi connectivity index (χ3n) is 4.75. The Bertz CT molecular complexity index is 1080. The number of thiazole rings is 2. The molecule has 0 aliphatic carbocycles. The number of carbonyl (C=O) groups is 1. The first-order valence-electron chi connectivity index (χ1n) is 9.11. The number of anilines is 1. The molecule has 1 fully saturated rings. The van der Waals surface area contributed by atoms with Gasteiger partial charge in [-0.05, 0) is 19.8 Å². The number of fused-ring (bicyclic) bond motifs is 1. The fourth-order valence-corrected chi connectivity index (χ4v) is 4.97. The molecular weight excluding hydrogens is 422 g/mol. The van der Waals surface area contributed by atoms with Gasteiger partial charge >= 0.3 is 0 Å². The molecule has 154 valence electrons. The monoisotopic (exact) mass is 440 g/mol. The SMILES string of the molecule is CCn1c(C(F)F)nc2sc(N3CCCC3C(=O)NCc3nccs3)nc2c1=O. The zero-order valence-electron chi connectivity index (χ0n) is 15.5. The number of amides is 1. The van der Waals surface area contributed by atoms with Crippen molar-refractivity contribution in [1.82, 2.24) is 24.8 Å². The van der Waals surface area contributed by atoms with E-state index < -0.39 is 23.9 Å². The molecular formula is C17H18F2N6O2S2. The van der Waals surface area contributed by atoms with Crippen LogP contribution in [0.4, 0.5) is 13.9 Å². The molecule has 3 aromatic heterocycles. The minimum atomic E-state index is -2.85. The van der Waals surface area contributed by atoms with Gasteiger partial charge in [0.05, 0.1) is 6.54 Å². The number of aromatic nitrogens is 4. The fraction of sp³-hybridized carbons (Fsp3) is 0.471. The summed E-state index contributed by atoms with van der Waals surface area (Å²) in [5.41, 5.74) is -0.524. The lowest BCUT2D eigenvalue weighted by molar-refractivity contribution is -0.122. The minimum Gasteiger partial charge on any atom is -0.348 e. The Labute approximate surface area is 172 Å². The van der Waals surface area contributed by atoms with E-state index in [1.807, 2.05) is 10.3 Å². The van der Waals surface area contributed by atoms with Crippen molar-refractivity contribution in [2.45, 2.75) is 45.3 Å². The summed E-state index contributed by atoms with van der Waals surface area (Å²) in [5, 5.41) is 5.98. The number of hydrogen-bond acceptors (Lipinski definition) is 8. The average molecular weight is 441 g/mol. The molecule has 4 heterocycles. The first-order valence-corrected chi connectivity index (χ1v) is 10.8. The normalized spacial score (nSPS) is 16.8. The van der Waals surface area contributed by atoms with Gasteiger partial charge in [0.15, 0.2) is 21.3 Å². The molecule has 1 aliphatic heterocycles. The van der Waals surface area contributed by atoms with Crippen LogP contribution in [-0.4, -0.2) is 38.0 Å². The molecule has 1 saturated heterocycles. The van der Waals surface area contributed by atoms with Crippen LogP contribution in [0.25, 0.3) is 10.3 Å². The lowest BCUT2D eigenvalue weighted by atomic mass is 10.2. The van der Waals surface area contributed by atoms with E-state index in [1.54, 1.807) is 13.1 Å². The predicted octanol–water partition coefficient (Wildman–Crippen LogP) is 2.55. The highest BCUT2D eigenvalue weighted by Crippen LogP contribution is 2.32. The highest BCUT2D eigenvalue weighted by molar-refractivity contribution is 7.21. The van der Waals surface area contributed by atoms with E-state index in [-0.39, 0.29) is 22.8 Å². The Balaban J connectivity index is 1.62. The average Bonchev–Trinajstić information content (AvgIpc) is 3.45. The van der Waals surface area contributed by atoms with Gasteiger partial charge in [-0.2, -0.15) is 0 Å². The lowest BCUT2D eigenvalue weighted by Crippen LogP contribution is -2.43. The topological polar surface area (TPSA) is 93.0 Å². The fourth-order valence-electron chi connectivity index (χ4n) is 3.40. The maximum absolute atomic E-state index is 13.3. The third-order valence-corrected chi connectivity index (χ3v) is 6.51. The van der Waals surface area contributed by atoms with E-state index in [1.165, 1.54) is 11.3 Å². The van der Waals surface area contributed by atoms with E-state index in [0.29, 0.717) is 24.6 Å². The van der Waals surface area contributed by atoms with E-state index in [0.717, 1.165) is 27.3 Å². The van der Waals surface area contributed by atoms with Gasteiger partial charge in [-0.1, -0.05) is 11.3 Å². The van der Waals surface area contributed by atoms with Crippen molar-refractivity contribution in [1.29, 1.82) is 0 Å². The summed E-state index contributed by atoms with van der Waals surface area (Å²) in [4.78, 5) is 39.7. The van der Waals surface area contributed by atoms with Crippen LogP contribution in [0.15, 0.2) is 16.4 Å². The third kappa shape index (κ3) is 3.73. The van der Waals surface area contributed by atoms with Gasteiger partial charge in [0.1, 0.15) is 11.0 Å². The van der Waals surface area contributed by atoms with Crippen molar-refractivity contribution in [2.24, 2.45) is 0 Å². The molecule has 8 nitrogen and oxygen atoms in total. The Morgan fingerprint density at radius 3 is 2.93 bits per heavy atom. The van der Waals surface area contributed by atoms with Gasteiger partial charge in [-0.15, -0.1) is 11.3 Å². The summed E-state index contributed by atoms with van der Waals surface area (Å²) in [6.07, 6.45) is 0.266. The molecule has 1 amide bonds. The first kappa shape index (κ1) is 19.8. The number of nitrogens with zero attached hydrogens (tertiary/aromatic N) is 5. The molecule has 29 heavy (non-hydrogen) atoms. The maximum atomic E-state index is 13.3. The second kappa shape index (κ2) is 8.11. The number of hydrogen-bond donors (Lipinski definition) is 1. The van der Waals surface area contributed by atoms with Crippen LogP contribution < -0.4 is 15.8 Å². The highest BCUT2D eigenvalue weighted by atomic mass is 32.1. The number of halogens is 2. The Kier molecular flexibility index (Phi) is 5.54. The molecule has 1 N–H and O–H groups in total. The first-order chi connectivity index (χ1) is 14.0. The largest absolute Gasteiger partial charge is 0.348 e. The van der Waals surface area contributed by atoms with Gasteiger partial charge in [-0.25, -0.2) is 23.7 Å². The van der Waals surface area contributed by atoms with Crippen LogP contribution in [0.1, 0.15) is 37.0 Å². The van der Waals surface area contributed by atoms with Crippen LogP contribution >= 0.6 is 22.7 Å². The highest BCUT2D eigenvalue weighted by Gasteiger charge is 2.33. The molecule has 4 rings (SSSR count). The van der Waals surface area contributed by atoms with Crippen molar-refractivity contribution in [3.05, 3.63) is 32.8 Å². The molecule has 1 unspecified atom stereocenters. The molecule has 3 aromatic rings. The van der Waals surface area contributed by atoms with Crippen LogP contribution in [0, 0.1) is 0 Å². The van der Waals surface area contributed by atoms with E-state index in [9.17, 15) is 18.4 Å². The van der Waals surface area contributed by atoms with E-state index >= 15 is 0 Å². The van der Waals surface area contributed by atoms with Crippen molar-refractivity contribution < 1.29 is 13.6 Å². The summed E-state index contributed by atoms with van der Waals surface area (Å²) < 4.78 is 27.5. The predicted molar refractivity (Wildman–Crippen MR) is 107 cm³/mol. The van der Waals surface area contributed by atoms with Crippen molar-refractivity contribution >= 4 is 44.1 Å². The number of nitrogens with one attached hydrogen (secondary N) is 1. The maximum Gasteiger partial charge on any atom is 0.295 e. The van der Waals surface area contributed by atoms with Crippen LogP contribution in [-0.2, 0) is 17.9 Å². The molecule has 0 aromatic carbocycles. The van der Waals surface area contributed by atoms with Crippen LogP contribution in [0.2, 0.25) is 0 Å². The molecule has 0 bridgehead atoms. The molecule has 1 atom stereocenters. The minimum absolute atomic E-state index is 0.0603. The van der Waals surface area contributed by atoms with Crippen LogP contribution in [0.3, 0.4) is 0 Å². The van der Waals surface area contributed by atoms with Gasteiger partial charge in [0.2, 0.25) is 5.91 Å². The van der Waals surface area contributed by atoms with Crippen molar-refractivity contribution in [3.63, 3.8) is 0 Å². The van der Waals surface area contributed by atoms with Gasteiger partial charge in [0, 0.05) is 24.7 Å². The summed E-state index contributed by atoms with van der Waals surface area (Å²) >= 11 is 2.52. The van der Waals surface area contributed by atoms with Crippen molar-refractivity contribution in [2.75, 3.05) is 11.4 Å². The zero-order valence-corrected chi connectivity index (χ0v) is 17.1. The molecule has 0 saturated carbocycles. The summed E-state index contributed by atoms with van der Waals surface area (Å²) in [5.74, 6) is -0.705. The van der Waals surface area contributed by atoms with E-state index in [2.05, 4.69) is 20.3 Å². The summed E-state index contributed by atoms with van der Waals surface area (Å²) in [6.45, 7) is 2.64. The molecule has 1 aliphatic rings. The van der Waals surface area contributed by atoms with Gasteiger partial charge in [0.25, 0.3) is 12.0 Å². The van der Waals surface area contributed by atoms with Gasteiger partial charge < -0.3 is 10.2 Å². The van der Waals surface area contributed by atoms with Crippen LogP contribution in [0.5, 0.6) is 0 Å². The smallest absolute Gasteiger partial charge is 0.295 e. The second-order valence-corrected chi connectivity index (χ2v) is 8.40. The standard InChI is InChI=1S/C17H18F2N6O2S2/c1-2-24-13(12(18)19)23-15-11(16(24)27)22-17(29-15)25-6-3-4-9(25)14(26)21-8-10-20-5-7-28-10/h5,7,9,12H,2-4,6,8H2,1H3,(H,21,26). The number of rotatable bonds is 6. The lowest BCUT2D eigenvalue weighted by Gasteiger charge is -2.22. The quantitative estimate of drug-likeness (QED) is 0.633. The summed E-state index contributed by atoms with van der Waals surface area (Å²) in [7, 11) is 0. The Hall–Kier alpha value is -2.47. The molecule has 12 heteroatoms. The molecule has 0 spiro atoms. The Morgan fingerprint density at radius 1 is 1.41 bits per heavy atom. The number of alkyl halides is 2. The van der Waals surface area contributed by atoms with E-state index in [4.69, 9.17) is 0 Å². The molecule has 0 radical (unpaired) electrons. The summed E-state index contributed by atoms with van der Waals surface area (Å²) in [6, 6.07) is -0.432. The second-order valence-electron chi connectivity index (χ2n) is 6.47. The zero-order chi connectivity index (χ0) is 20.5. The number of carbonyl (C=O) groups excluding carboxylic acids is 1. The Morgan fingerprint density at radius 2 is 2.24 bits per heavy atom. The van der Waals surface area contributed by atoms with Crippen molar-refractivity contribution in [3.8, 4) is 0 Å². The van der Waals surface area contributed by atoms with Gasteiger partial charge in [-0.3, -0.25) is 14.2 Å².